The second-order valence-corrected chi connectivity index (χ2v) is 3.46. The summed E-state index contributed by atoms with van der Waals surface area (Å²) in [6.07, 6.45) is 3.28. The lowest BCUT2D eigenvalue weighted by Crippen LogP contribution is -2.05. The van der Waals surface area contributed by atoms with Crippen molar-refractivity contribution in [1.29, 1.82) is 0 Å². The molecular formula is C12H13N3. The highest BCUT2D eigenvalue weighted by atomic mass is 14.9. The fourth-order valence-corrected chi connectivity index (χ4v) is 1.59. The molecule has 0 amide bonds. The van der Waals surface area contributed by atoms with E-state index in [-0.39, 0.29) is 5.92 Å². The number of aromatic nitrogens is 2. The fraction of sp³-hybridized carbons (Fsp3) is 0.167. The molecule has 1 heterocycles. The van der Waals surface area contributed by atoms with Gasteiger partial charge in [-0.2, -0.15) is 0 Å². The lowest BCUT2D eigenvalue weighted by molar-refractivity contribution is 0.864. The summed E-state index contributed by atoms with van der Waals surface area (Å²) >= 11 is 0. The van der Waals surface area contributed by atoms with Gasteiger partial charge in [0, 0.05) is 18.3 Å². The van der Waals surface area contributed by atoms with Gasteiger partial charge in [0.05, 0.1) is 5.69 Å². The van der Waals surface area contributed by atoms with E-state index in [9.17, 15) is 0 Å². The van der Waals surface area contributed by atoms with Crippen molar-refractivity contribution in [2.45, 2.75) is 12.8 Å². The first-order valence-electron chi connectivity index (χ1n) is 4.90. The van der Waals surface area contributed by atoms with E-state index in [0.29, 0.717) is 5.82 Å². The van der Waals surface area contributed by atoms with E-state index in [1.807, 2.05) is 18.2 Å². The maximum atomic E-state index is 5.79. The fourth-order valence-electron chi connectivity index (χ4n) is 1.59. The van der Waals surface area contributed by atoms with Gasteiger partial charge in [0.2, 0.25) is 0 Å². The van der Waals surface area contributed by atoms with Gasteiger partial charge in [-0.25, -0.2) is 4.98 Å². The van der Waals surface area contributed by atoms with E-state index in [1.165, 1.54) is 5.56 Å². The smallest absolute Gasteiger partial charge is 0.145 e. The number of hydrogen-bond acceptors (Lipinski definition) is 3. The minimum absolute atomic E-state index is 0.180. The van der Waals surface area contributed by atoms with Crippen LogP contribution < -0.4 is 5.73 Å². The summed E-state index contributed by atoms with van der Waals surface area (Å²) in [7, 11) is 0. The monoisotopic (exact) mass is 199 g/mol. The predicted octanol–water partition coefficient (Wildman–Crippen LogP) is 2.21. The number of nitrogen functional groups attached to an aromatic ring is 1. The van der Waals surface area contributed by atoms with Gasteiger partial charge in [-0.1, -0.05) is 37.3 Å². The van der Waals surface area contributed by atoms with Gasteiger partial charge in [0.15, 0.2) is 0 Å². The molecule has 2 N–H and O–H groups in total. The standard InChI is InChI=1S/C12H13N3/c1-9(10-5-3-2-4-6-10)11-12(13)15-8-7-14-11/h2-9H,1H3,(H2,13,15). The van der Waals surface area contributed by atoms with Crippen LogP contribution in [0.2, 0.25) is 0 Å². The van der Waals surface area contributed by atoms with E-state index in [4.69, 9.17) is 5.73 Å². The van der Waals surface area contributed by atoms with E-state index >= 15 is 0 Å². The molecule has 0 bridgehead atoms. The van der Waals surface area contributed by atoms with Crippen LogP contribution >= 0.6 is 0 Å². The van der Waals surface area contributed by atoms with Crippen molar-refractivity contribution >= 4 is 5.82 Å². The number of nitrogens with zero attached hydrogens (tertiary/aromatic N) is 2. The molecule has 1 unspecified atom stereocenters. The first kappa shape index (κ1) is 9.65. The average Bonchev–Trinajstić information content (AvgIpc) is 2.30. The van der Waals surface area contributed by atoms with E-state index in [0.717, 1.165) is 5.69 Å². The van der Waals surface area contributed by atoms with Gasteiger partial charge < -0.3 is 5.73 Å². The Labute approximate surface area is 89.0 Å². The molecule has 3 nitrogen and oxygen atoms in total. The van der Waals surface area contributed by atoms with Crippen molar-refractivity contribution in [1.82, 2.24) is 9.97 Å². The van der Waals surface area contributed by atoms with E-state index in [2.05, 4.69) is 29.0 Å². The van der Waals surface area contributed by atoms with Crippen LogP contribution in [0.3, 0.4) is 0 Å². The Morgan fingerprint density at radius 3 is 2.40 bits per heavy atom. The normalized spacial score (nSPS) is 12.3. The van der Waals surface area contributed by atoms with Crippen LogP contribution in [-0.4, -0.2) is 9.97 Å². The molecule has 0 spiro atoms. The molecule has 3 heteroatoms. The SMILES string of the molecule is CC(c1ccccc1)c1nccnc1N. The molecule has 76 valence electrons. The molecule has 0 fully saturated rings. The molecule has 1 aromatic heterocycles. The van der Waals surface area contributed by atoms with Gasteiger partial charge in [-0.05, 0) is 5.56 Å². The number of anilines is 1. The third-order valence-electron chi connectivity index (χ3n) is 2.47. The Hall–Kier alpha value is -1.90. The summed E-state index contributed by atoms with van der Waals surface area (Å²) in [6, 6.07) is 10.2. The van der Waals surface area contributed by atoms with Crippen LogP contribution in [0.1, 0.15) is 24.1 Å². The van der Waals surface area contributed by atoms with E-state index in [1.54, 1.807) is 12.4 Å². The second kappa shape index (κ2) is 4.09. The first-order valence-corrected chi connectivity index (χ1v) is 4.90. The van der Waals surface area contributed by atoms with Crippen molar-refractivity contribution in [2.24, 2.45) is 0 Å². The zero-order valence-electron chi connectivity index (χ0n) is 8.59. The third-order valence-corrected chi connectivity index (χ3v) is 2.47. The Balaban J connectivity index is 2.37. The van der Waals surface area contributed by atoms with Crippen LogP contribution in [0, 0.1) is 0 Å². The highest BCUT2D eigenvalue weighted by Crippen LogP contribution is 2.24. The number of rotatable bonds is 2. The van der Waals surface area contributed by atoms with Gasteiger partial charge in [-0.3, -0.25) is 4.98 Å². The summed E-state index contributed by atoms with van der Waals surface area (Å²) in [6.45, 7) is 2.08. The van der Waals surface area contributed by atoms with Gasteiger partial charge in [0.1, 0.15) is 5.82 Å². The van der Waals surface area contributed by atoms with Gasteiger partial charge in [-0.15, -0.1) is 0 Å². The highest BCUT2D eigenvalue weighted by Gasteiger charge is 2.12. The predicted molar refractivity (Wildman–Crippen MR) is 60.4 cm³/mol. The number of benzene rings is 1. The lowest BCUT2D eigenvalue weighted by Gasteiger charge is -2.12. The minimum Gasteiger partial charge on any atom is -0.382 e. The lowest BCUT2D eigenvalue weighted by atomic mass is 9.97. The molecular weight excluding hydrogens is 186 g/mol. The summed E-state index contributed by atoms with van der Waals surface area (Å²) in [5.41, 5.74) is 7.82. The van der Waals surface area contributed by atoms with Crippen molar-refractivity contribution in [3.05, 3.63) is 54.0 Å². The summed E-state index contributed by atoms with van der Waals surface area (Å²) in [5, 5.41) is 0. The zero-order chi connectivity index (χ0) is 10.7. The molecule has 0 radical (unpaired) electrons. The second-order valence-electron chi connectivity index (χ2n) is 3.46. The Kier molecular flexibility index (Phi) is 2.63. The third kappa shape index (κ3) is 1.96. The van der Waals surface area contributed by atoms with Crippen molar-refractivity contribution in [2.75, 3.05) is 5.73 Å². The molecule has 2 rings (SSSR count). The Bertz CT molecular complexity index is 440. The first-order chi connectivity index (χ1) is 7.29. The molecule has 0 aliphatic carbocycles. The van der Waals surface area contributed by atoms with Crippen LogP contribution in [0.5, 0.6) is 0 Å². The average molecular weight is 199 g/mol. The molecule has 0 aliphatic heterocycles. The number of hydrogen-bond donors (Lipinski definition) is 1. The molecule has 1 atom stereocenters. The zero-order valence-corrected chi connectivity index (χ0v) is 8.59. The summed E-state index contributed by atoms with van der Waals surface area (Å²) in [5.74, 6) is 0.689. The highest BCUT2D eigenvalue weighted by molar-refractivity contribution is 5.40. The number of nitrogens with two attached hydrogens (primary N) is 1. The summed E-state index contributed by atoms with van der Waals surface area (Å²) < 4.78 is 0. The topological polar surface area (TPSA) is 51.8 Å². The quantitative estimate of drug-likeness (QED) is 0.806. The maximum absolute atomic E-state index is 5.79. The molecule has 15 heavy (non-hydrogen) atoms. The van der Waals surface area contributed by atoms with Crippen molar-refractivity contribution < 1.29 is 0 Å². The van der Waals surface area contributed by atoms with E-state index < -0.39 is 0 Å². The van der Waals surface area contributed by atoms with Crippen LogP contribution in [0.4, 0.5) is 5.82 Å². The largest absolute Gasteiger partial charge is 0.382 e. The molecule has 1 aromatic carbocycles. The Morgan fingerprint density at radius 2 is 1.73 bits per heavy atom. The molecule has 2 aromatic rings. The maximum Gasteiger partial charge on any atom is 0.145 e. The molecule has 0 aliphatic rings. The minimum atomic E-state index is 0.180. The Morgan fingerprint density at radius 1 is 1.07 bits per heavy atom. The summed E-state index contributed by atoms with van der Waals surface area (Å²) in [4.78, 5) is 8.31. The van der Waals surface area contributed by atoms with Gasteiger partial charge in [0.25, 0.3) is 0 Å². The van der Waals surface area contributed by atoms with Crippen LogP contribution in [-0.2, 0) is 0 Å². The van der Waals surface area contributed by atoms with Crippen molar-refractivity contribution in [3.8, 4) is 0 Å². The molecule has 0 saturated heterocycles. The van der Waals surface area contributed by atoms with Gasteiger partial charge >= 0.3 is 0 Å². The molecule has 0 saturated carbocycles. The van der Waals surface area contributed by atoms with Crippen LogP contribution in [0.15, 0.2) is 42.7 Å². The van der Waals surface area contributed by atoms with Crippen LogP contribution in [0.25, 0.3) is 0 Å². The van der Waals surface area contributed by atoms with Crippen molar-refractivity contribution in [3.63, 3.8) is 0 Å².